The van der Waals surface area contributed by atoms with Crippen LogP contribution in [0.3, 0.4) is 0 Å². The molecule has 1 aliphatic heterocycles. The lowest BCUT2D eigenvalue weighted by Crippen LogP contribution is -2.47. The molecule has 170 valence electrons. The van der Waals surface area contributed by atoms with Gasteiger partial charge >= 0.3 is 6.09 Å². The highest BCUT2D eigenvalue weighted by molar-refractivity contribution is 6.05. The van der Waals surface area contributed by atoms with E-state index in [0.29, 0.717) is 31.5 Å². The molecule has 8 heteroatoms. The fourth-order valence-corrected chi connectivity index (χ4v) is 3.69. The van der Waals surface area contributed by atoms with E-state index < -0.39 is 5.60 Å². The number of aromatic nitrogens is 3. The van der Waals surface area contributed by atoms with Gasteiger partial charge in [-0.1, -0.05) is 13.8 Å². The summed E-state index contributed by atoms with van der Waals surface area (Å²) < 4.78 is 7.31. The van der Waals surface area contributed by atoms with Crippen molar-refractivity contribution < 1.29 is 14.3 Å². The number of hydrogen-bond acceptors (Lipinski definition) is 5. The fourth-order valence-electron chi connectivity index (χ4n) is 3.69. The summed E-state index contributed by atoms with van der Waals surface area (Å²) in [6.45, 7) is 14.9. The van der Waals surface area contributed by atoms with Crippen molar-refractivity contribution in [3.05, 3.63) is 23.5 Å². The molecule has 3 rings (SSSR count). The third-order valence-corrected chi connectivity index (χ3v) is 5.39. The fraction of sp³-hybridized carbons (Fsp3) is 0.652. The maximum Gasteiger partial charge on any atom is 0.410 e. The molecular formula is C23H35N5O3. The molecule has 0 radical (unpaired) electrons. The van der Waals surface area contributed by atoms with E-state index in [1.54, 1.807) is 11.1 Å². The Hall–Kier alpha value is -2.64. The molecule has 1 fully saturated rings. The second kappa shape index (κ2) is 8.85. The third-order valence-electron chi connectivity index (χ3n) is 5.39. The zero-order valence-electron chi connectivity index (χ0n) is 19.7. The van der Waals surface area contributed by atoms with Crippen LogP contribution in [0, 0.1) is 0 Å². The van der Waals surface area contributed by atoms with E-state index in [0.717, 1.165) is 16.7 Å². The van der Waals surface area contributed by atoms with E-state index in [1.807, 2.05) is 45.4 Å². The number of hydrogen-bond donors (Lipinski definition) is 1. The number of nitrogens with zero attached hydrogens (tertiary/aromatic N) is 4. The van der Waals surface area contributed by atoms with E-state index in [-0.39, 0.29) is 30.0 Å². The van der Waals surface area contributed by atoms with Crippen LogP contribution in [0.25, 0.3) is 11.0 Å². The second-order valence-corrected chi connectivity index (χ2v) is 9.88. The van der Waals surface area contributed by atoms with Gasteiger partial charge in [0.15, 0.2) is 5.65 Å². The van der Waals surface area contributed by atoms with Gasteiger partial charge in [0, 0.05) is 30.9 Å². The van der Waals surface area contributed by atoms with Gasteiger partial charge in [0.2, 0.25) is 0 Å². The minimum Gasteiger partial charge on any atom is -0.444 e. The van der Waals surface area contributed by atoms with Crippen LogP contribution in [0.4, 0.5) is 4.79 Å². The molecule has 2 amide bonds. The number of pyridine rings is 1. The second-order valence-electron chi connectivity index (χ2n) is 9.88. The molecule has 0 aliphatic carbocycles. The van der Waals surface area contributed by atoms with Crippen LogP contribution in [-0.4, -0.2) is 56.4 Å². The number of rotatable bonds is 4. The Morgan fingerprint density at radius 1 is 1.16 bits per heavy atom. The first-order valence-electron chi connectivity index (χ1n) is 11.1. The predicted molar refractivity (Wildman–Crippen MR) is 120 cm³/mol. The van der Waals surface area contributed by atoms with E-state index >= 15 is 0 Å². The Labute approximate surface area is 184 Å². The lowest BCUT2D eigenvalue weighted by molar-refractivity contribution is 0.0199. The quantitative estimate of drug-likeness (QED) is 0.784. The van der Waals surface area contributed by atoms with Gasteiger partial charge in [0.05, 0.1) is 17.1 Å². The summed E-state index contributed by atoms with van der Waals surface area (Å²) in [5, 5.41) is 8.38. The van der Waals surface area contributed by atoms with Crippen LogP contribution in [0.2, 0.25) is 0 Å². The zero-order chi connectivity index (χ0) is 22.9. The van der Waals surface area contributed by atoms with Gasteiger partial charge in [-0.2, -0.15) is 5.10 Å². The van der Waals surface area contributed by atoms with Gasteiger partial charge in [-0.25, -0.2) is 14.5 Å². The summed E-state index contributed by atoms with van der Waals surface area (Å²) in [5.41, 5.74) is 1.71. The number of amides is 2. The molecular weight excluding hydrogens is 394 g/mol. The molecule has 2 aromatic rings. The average molecular weight is 430 g/mol. The van der Waals surface area contributed by atoms with Crippen molar-refractivity contribution in [2.24, 2.45) is 0 Å². The molecule has 0 aromatic carbocycles. The van der Waals surface area contributed by atoms with Crippen LogP contribution < -0.4 is 5.32 Å². The molecule has 1 aliphatic rings. The van der Waals surface area contributed by atoms with Crippen molar-refractivity contribution in [1.82, 2.24) is 25.0 Å². The van der Waals surface area contributed by atoms with E-state index in [1.165, 1.54) is 0 Å². The molecule has 0 unspecified atom stereocenters. The third kappa shape index (κ3) is 5.35. The summed E-state index contributed by atoms with van der Waals surface area (Å²) >= 11 is 0. The molecule has 1 N–H and O–H groups in total. The first-order valence-corrected chi connectivity index (χ1v) is 11.1. The number of fused-ring (bicyclic) bond motifs is 1. The average Bonchev–Trinajstić information content (AvgIpc) is 3.10. The van der Waals surface area contributed by atoms with Crippen molar-refractivity contribution >= 4 is 23.0 Å². The summed E-state index contributed by atoms with van der Waals surface area (Å²) in [6, 6.07) is 2.04. The smallest absolute Gasteiger partial charge is 0.410 e. The van der Waals surface area contributed by atoms with Crippen LogP contribution in [-0.2, 0) is 4.74 Å². The molecule has 0 bridgehead atoms. The van der Waals surface area contributed by atoms with Gasteiger partial charge in [0.1, 0.15) is 5.60 Å². The maximum atomic E-state index is 13.2. The Bertz CT molecular complexity index is 950. The minimum absolute atomic E-state index is 0.0112. The largest absolute Gasteiger partial charge is 0.444 e. The van der Waals surface area contributed by atoms with Gasteiger partial charge in [0.25, 0.3) is 5.91 Å². The molecule has 0 spiro atoms. The van der Waals surface area contributed by atoms with Crippen LogP contribution in [0.1, 0.15) is 89.3 Å². The highest BCUT2D eigenvalue weighted by atomic mass is 16.6. The van der Waals surface area contributed by atoms with Crippen LogP contribution >= 0.6 is 0 Å². The lowest BCUT2D eigenvalue weighted by atomic mass is 10.0. The summed E-state index contributed by atoms with van der Waals surface area (Å²) in [5.74, 6) is 0.0804. The molecule has 3 heterocycles. The molecule has 0 saturated carbocycles. The van der Waals surface area contributed by atoms with Gasteiger partial charge < -0.3 is 15.0 Å². The summed E-state index contributed by atoms with van der Waals surface area (Å²) in [7, 11) is 0. The monoisotopic (exact) mass is 429 g/mol. The van der Waals surface area contributed by atoms with Crippen LogP contribution in [0.5, 0.6) is 0 Å². The van der Waals surface area contributed by atoms with Crippen molar-refractivity contribution in [2.75, 3.05) is 13.1 Å². The van der Waals surface area contributed by atoms with Gasteiger partial charge in [-0.15, -0.1) is 0 Å². The molecule has 8 nitrogen and oxygen atoms in total. The normalized spacial score (nSPS) is 15.7. The van der Waals surface area contributed by atoms with Crippen LogP contribution in [0.15, 0.2) is 12.3 Å². The lowest BCUT2D eigenvalue weighted by Gasteiger charge is -2.33. The maximum absolute atomic E-state index is 13.2. The highest BCUT2D eigenvalue weighted by Crippen LogP contribution is 2.25. The van der Waals surface area contributed by atoms with Gasteiger partial charge in [-0.05, 0) is 59.4 Å². The van der Waals surface area contributed by atoms with E-state index in [4.69, 9.17) is 9.72 Å². The molecule has 31 heavy (non-hydrogen) atoms. The number of carbonyl (C=O) groups is 2. The molecule has 0 atom stereocenters. The Morgan fingerprint density at radius 3 is 2.35 bits per heavy atom. The predicted octanol–water partition coefficient (Wildman–Crippen LogP) is 4.26. The zero-order valence-corrected chi connectivity index (χ0v) is 19.7. The first kappa shape index (κ1) is 23.0. The van der Waals surface area contributed by atoms with E-state index in [9.17, 15) is 9.59 Å². The van der Waals surface area contributed by atoms with Crippen molar-refractivity contribution in [3.63, 3.8) is 0 Å². The first-order chi connectivity index (χ1) is 14.5. The number of carbonyl (C=O) groups excluding carboxylic acids is 2. The SMILES string of the molecule is CC(C)c1cc(C(=O)NC2CCN(C(=O)OC(C)(C)C)CC2)c2cnn(C(C)C)c2n1. The Kier molecular flexibility index (Phi) is 6.57. The Morgan fingerprint density at radius 2 is 1.81 bits per heavy atom. The number of nitrogens with one attached hydrogen (secondary N) is 1. The van der Waals surface area contributed by atoms with Crippen molar-refractivity contribution in [2.45, 2.75) is 84.9 Å². The summed E-state index contributed by atoms with van der Waals surface area (Å²) in [6.07, 6.45) is 2.82. The van der Waals surface area contributed by atoms with E-state index in [2.05, 4.69) is 24.3 Å². The number of ether oxygens (including phenoxy) is 1. The number of piperidine rings is 1. The summed E-state index contributed by atoms with van der Waals surface area (Å²) in [4.78, 5) is 31.9. The topological polar surface area (TPSA) is 89.4 Å². The Balaban J connectivity index is 1.73. The van der Waals surface area contributed by atoms with Crippen molar-refractivity contribution in [1.29, 1.82) is 0 Å². The van der Waals surface area contributed by atoms with Crippen molar-refractivity contribution in [3.8, 4) is 0 Å². The molecule has 1 saturated heterocycles. The molecule has 2 aromatic heterocycles. The standard InChI is InChI=1S/C23H35N5O3/c1-14(2)19-12-17(18-13-24-28(15(3)4)20(18)26-19)21(29)25-16-8-10-27(11-9-16)22(30)31-23(5,6)7/h12-16H,8-11H2,1-7H3,(H,25,29). The highest BCUT2D eigenvalue weighted by Gasteiger charge is 2.28. The minimum atomic E-state index is -0.511. The van der Waals surface area contributed by atoms with Gasteiger partial charge in [-0.3, -0.25) is 4.79 Å². The number of likely N-dealkylation sites (tertiary alicyclic amines) is 1.